The van der Waals surface area contributed by atoms with E-state index in [1.165, 1.54) is 29.1 Å². The van der Waals surface area contributed by atoms with Crippen LogP contribution in [0.5, 0.6) is 5.88 Å². The Morgan fingerprint density at radius 1 is 1.26 bits per heavy atom. The second-order valence-electron chi connectivity index (χ2n) is 11.8. The number of pyridine rings is 1. The molecule has 1 saturated heterocycles. The van der Waals surface area contributed by atoms with Crippen LogP contribution in [-0.2, 0) is 6.54 Å². The molecule has 42 heavy (non-hydrogen) atoms. The van der Waals surface area contributed by atoms with Gasteiger partial charge in [-0.2, -0.15) is 18.3 Å². The molecule has 2 N–H and O–H groups in total. The number of carbonyl (C=O) groups is 1. The van der Waals surface area contributed by atoms with Gasteiger partial charge >= 0.3 is 6.18 Å². The van der Waals surface area contributed by atoms with Crippen molar-refractivity contribution in [2.75, 3.05) is 13.2 Å². The number of rotatable bonds is 12. The molecule has 1 aliphatic carbocycles. The average molecular weight is 626 g/mol. The van der Waals surface area contributed by atoms with Crippen LogP contribution in [0.15, 0.2) is 35.5 Å². The Morgan fingerprint density at radius 3 is 2.71 bits per heavy atom. The monoisotopic (exact) mass is 625 g/mol. The summed E-state index contributed by atoms with van der Waals surface area (Å²) in [4.78, 5) is 18.0. The summed E-state index contributed by atoms with van der Waals surface area (Å²) >= 11 is 7.50. The maximum atomic E-state index is 13.1. The van der Waals surface area contributed by atoms with Crippen LogP contribution in [0.25, 0.3) is 5.82 Å². The lowest BCUT2D eigenvalue weighted by Crippen LogP contribution is -2.31. The van der Waals surface area contributed by atoms with E-state index in [1.807, 2.05) is 17.8 Å². The predicted molar refractivity (Wildman–Crippen MR) is 154 cm³/mol. The number of halogens is 4. The Hall–Kier alpha value is -2.77. The first-order valence-corrected chi connectivity index (χ1v) is 15.2. The summed E-state index contributed by atoms with van der Waals surface area (Å²) in [6.07, 6.45) is 2.81. The zero-order valence-electron chi connectivity index (χ0n) is 23.8. The normalized spacial score (nSPS) is 19.2. The summed E-state index contributed by atoms with van der Waals surface area (Å²) in [5.74, 6) is 0.794. The largest absolute Gasteiger partial charge is 0.477 e. The number of hydrogen-bond donors (Lipinski definition) is 2. The zero-order chi connectivity index (χ0) is 30.1. The first kappa shape index (κ1) is 30.7. The number of hydrogen-bond acceptors (Lipinski definition) is 7. The van der Waals surface area contributed by atoms with Gasteiger partial charge in [0.15, 0.2) is 5.82 Å². The molecule has 0 aromatic carbocycles. The summed E-state index contributed by atoms with van der Waals surface area (Å²) in [5.41, 5.74) is -0.388. The minimum absolute atomic E-state index is 0.0126. The first-order valence-electron chi connectivity index (χ1n) is 14.0. The minimum Gasteiger partial charge on any atom is -0.477 e. The van der Waals surface area contributed by atoms with Gasteiger partial charge in [0.05, 0.1) is 28.2 Å². The second-order valence-corrected chi connectivity index (χ2v) is 13.0. The third kappa shape index (κ3) is 7.23. The van der Waals surface area contributed by atoms with Crippen molar-refractivity contribution in [1.29, 1.82) is 0 Å². The fourth-order valence-electron chi connectivity index (χ4n) is 5.31. The lowest BCUT2D eigenvalue weighted by molar-refractivity contribution is -0.190. The molecule has 0 bridgehead atoms. The van der Waals surface area contributed by atoms with Gasteiger partial charge in [0.2, 0.25) is 5.88 Å². The molecule has 228 valence electrons. The number of alkyl halides is 3. The fraction of sp³-hybridized carbons (Fsp3) is 0.571. The van der Waals surface area contributed by atoms with Crippen molar-refractivity contribution in [3.05, 3.63) is 47.0 Å². The molecule has 4 heterocycles. The van der Waals surface area contributed by atoms with Crippen molar-refractivity contribution in [3.8, 4) is 11.7 Å². The highest BCUT2D eigenvalue weighted by molar-refractivity contribution is 7.98. The SMILES string of the molecule is Cc1nn(CCCC2CNC(C)(C)C2)cc1SNC(=O)c1ccc(-n2ccc(OCCC3(C(F)(F)F)CC3)n2)nc1Cl. The van der Waals surface area contributed by atoms with E-state index in [2.05, 4.69) is 39.1 Å². The van der Waals surface area contributed by atoms with Crippen LogP contribution in [0.2, 0.25) is 5.15 Å². The third-order valence-electron chi connectivity index (χ3n) is 7.99. The van der Waals surface area contributed by atoms with E-state index in [0.29, 0.717) is 11.7 Å². The van der Waals surface area contributed by atoms with Gasteiger partial charge in [-0.1, -0.05) is 11.6 Å². The van der Waals surface area contributed by atoms with Crippen molar-refractivity contribution < 1.29 is 22.7 Å². The van der Waals surface area contributed by atoms with E-state index in [0.717, 1.165) is 36.5 Å². The van der Waals surface area contributed by atoms with Crippen molar-refractivity contribution in [3.63, 3.8) is 0 Å². The van der Waals surface area contributed by atoms with Crippen molar-refractivity contribution in [2.24, 2.45) is 11.3 Å². The average Bonchev–Trinajstić information content (AvgIpc) is 3.24. The molecule has 1 aliphatic heterocycles. The summed E-state index contributed by atoms with van der Waals surface area (Å²) < 4.78 is 50.8. The number of aromatic nitrogens is 5. The molecule has 3 aromatic heterocycles. The summed E-state index contributed by atoms with van der Waals surface area (Å²) in [7, 11) is 0. The van der Waals surface area contributed by atoms with Crippen LogP contribution >= 0.6 is 23.5 Å². The van der Waals surface area contributed by atoms with Crippen molar-refractivity contribution in [1.82, 2.24) is 34.6 Å². The zero-order valence-corrected chi connectivity index (χ0v) is 25.4. The topological polar surface area (TPSA) is 98.9 Å². The molecule has 2 aliphatic rings. The molecule has 2 fully saturated rings. The van der Waals surface area contributed by atoms with Gasteiger partial charge in [-0.05, 0) is 95.8 Å². The molecule has 0 spiro atoms. The van der Waals surface area contributed by atoms with Crippen LogP contribution in [0.1, 0.15) is 68.4 Å². The smallest absolute Gasteiger partial charge is 0.394 e. The van der Waals surface area contributed by atoms with Gasteiger partial charge in [0, 0.05) is 30.5 Å². The lowest BCUT2D eigenvalue weighted by Gasteiger charge is -2.18. The highest BCUT2D eigenvalue weighted by Gasteiger charge is 2.62. The minimum atomic E-state index is -4.21. The highest BCUT2D eigenvalue weighted by atomic mass is 35.5. The van der Waals surface area contributed by atoms with Crippen LogP contribution in [0.3, 0.4) is 0 Å². The number of carbonyl (C=O) groups excluding carboxylic acids is 1. The Bertz CT molecular complexity index is 1420. The predicted octanol–water partition coefficient (Wildman–Crippen LogP) is 6.14. The second kappa shape index (κ2) is 12.1. The Balaban J connectivity index is 1.10. The van der Waals surface area contributed by atoms with E-state index in [9.17, 15) is 18.0 Å². The molecular formula is C28H35ClF3N7O2S. The first-order chi connectivity index (χ1) is 19.8. The fourth-order valence-corrected chi connectivity index (χ4v) is 6.22. The molecule has 1 unspecified atom stereocenters. The Labute approximate surface area is 252 Å². The van der Waals surface area contributed by atoms with Crippen molar-refractivity contribution in [2.45, 2.75) is 82.5 Å². The quantitative estimate of drug-likeness (QED) is 0.184. The van der Waals surface area contributed by atoms with Gasteiger partial charge in [-0.15, -0.1) is 5.10 Å². The van der Waals surface area contributed by atoms with Crippen molar-refractivity contribution >= 4 is 29.5 Å². The van der Waals surface area contributed by atoms with E-state index >= 15 is 0 Å². The molecule has 3 aromatic rings. The van der Waals surface area contributed by atoms with E-state index in [4.69, 9.17) is 16.3 Å². The number of aryl methyl sites for hydroxylation is 2. The van der Waals surface area contributed by atoms with Gasteiger partial charge in [0.25, 0.3) is 5.91 Å². The van der Waals surface area contributed by atoms with Gasteiger partial charge in [0.1, 0.15) is 5.15 Å². The van der Waals surface area contributed by atoms with E-state index < -0.39 is 17.5 Å². The third-order valence-corrected chi connectivity index (χ3v) is 9.18. The number of nitrogens with zero attached hydrogens (tertiary/aromatic N) is 5. The molecule has 1 atom stereocenters. The molecule has 1 amide bonds. The van der Waals surface area contributed by atoms with E-state index in [1.54, 1.807) is 18.3 Å². The summed E-state index contributed by atoms with van der Waals surface area (Å²) in [6.45, 7) is 8.17. The van der Waals surface area contributed by atoms with Gasteiger partial charge in [-0.3, -0.25) is 14.2 Å². The summed E-state index contributed by atoms with van der Waals surface area (Å²) in [6, 6.07) is 4.66. The summed E-state index contributed by atoms with van der Waals surface area (Å²) in [5, 5.41) is 12.3. The Morgan fingerprint density at radius 2 is 2.05 bits per heavy atom. The standard InChI is InChI=1S/C28H35ClF3N7O2S/c1-18-21(17-38(35-18)12-4-5-19-15-26(2,3)33-16-19)42-37-25(40)20-6-7-22(34-24(20)29)39-13-8-23(36-39)41-14-11-27(9-10-27)28(30,31)32/h6-8,13,17,19,33H,4-5,9-12,14-16H2,1-3H3,(H,37,40). The molecule has 9 nitrogen and oxygen atoms in total. The maximum absolute atomic E-state index is 13.1. The molecule has 5 rings (SSSR count). The van der Waals surface area contributed by atoms with Crippen LogP contribution in [0, 0.1) is 18.3 Å². The molecule has 1 saturated carbocycles. The van der Waals surface area contributed by atoms with Crippen LogP contribution in [0.4, 0.5) is 13.2 Å². The van der Waals surface area contributed by atoms with Crippen LogP contribution in [-0.4, -0.2) is 55.3 Å². The number of nitrogens with one attached hydrogen (secondary N) is 2. The highest BCUT2D eigenvalue weighted by Crippen LogP contribution is 2.59. The van der Waals surface area contributed by atoms with Gasteiger partial charge < -0.3 is 10.1 Å². The lowest BCUT2D eigenvalue weighted by atomic mass is 9.94. The molecule has 0 radical (unpaired) electrons. The molecular weight excluding hydrogens is 591 g/mol. The number of amides is 1. The van der Waals surface area contributed by atoms with Gasteiger partial charge in [-0.25, -0.2) is 9.67 Å². The van der Waals surface area contributed by atoms with E-state index in [-0.39, 0.29) is 48.0 Å². The number of ether oxygens (including phenoxy) is 1. The Kier molecular flexibility index (Phi) is 8.82. The molecule has 14 heteroatoms. The van der Waals surface area contributed by atoms with Crippen LogP contribution < -0.4 is 14.8 Å². The maximum Gasteiger partial charge on any atom is 0.394 e.